The number of aliphatic hydroxyl groups is 1. The van der Waals surface area contributed by atoms with Gasteiger partial charge in [0, 0.05) is 43.6 Å². The maximum Gasteiger partial charge on any atom is 0.253 e. The van der Waals surface area contributed by atoms with E-state index in [9.17, 15) is 9.90 Å². The highest BCUT2D eigenvalue weighted by Crippen LogP contribution is 2.39. The molecule has 0 unspecified atom stereocenters. The van der Waals surface area contributed by atoms with Gasteiger partial charge in [0.2, 0.25) is 0 Å². The fourth-order valence-electron chi connectivity index (χ4n) is 2.72. The van der Waals surface area contributed by atoms with Crippen molar-refractivity contribution in [2.24, 2.45) is 5.41 Å². The number of carbonyl (C=O) groups is 1. The van der Waals surface area contributed by atoms with Gasteiger partial charge in [-0.2, -0.15) is 0 Å². The summed E-state index contributed by atoms with van der Waals surface area (Å²) in [6.45, 7) is 5.27. The molecule has 1 atom stereocenters. The molecule has 0 radical (unpaired) electrons. The third-order valence-corrected chi connectivity index (χ3v) is 4.24. The molecule has 1 aromatic rings. The Hall–Kier alpha value is -1.46. The first kappa shape index (κ1) is 14.9. The molecule has 1 aromatic heterocycles. The summed E-state index contributed by atoms with van der Waals surface area (Å²) in [5.41, 5.74) is -0.672. The number of ether oxygens (including phenoxy) is 1. The van der Waals surface area contributed by atoms with Gasteiger partial charge >= 0.3 is 0 Å². The fraction of sp³-hybridized carbons (Fsp3) is 0.600. The van der Waals surface area contributed by atoms with Gasteiger partial charge in [0.05, 0.1) is 12.2 Å². The number of methoxy groups -OCH3 is 1. The van der Waals surface area contributed by atoms with Crippen LogP contribution in [0.25, 0.3) is 0 Å². The van der Waals surface area contributed by atoms with E-state index in [4.69, 9.17) is 4.74 Å². The molecule has 1 saturated heterocycles. The van der Waals surface area contributed by atoms with Gasteiger partial charge in [-0.25, -0.2) is 0 Å². The Balaban J connectivity index is 2.14. The molecular formula is C15H22N2O3. The molecule has 20 heavy (non-hydrogen) atoms. The monoisotopic (exact) mass is 278 g/mol. The van der Waals surface area contributed by atoms with Crippen molar-refractivity contribution < 1.29 is 14.6 Å². The van der Waals surface area contributed by atoms with Crippen LogP contribution in [0.1, 0.15) is 30.6 Å². The van der Waals surface area contributed by atoms with E-state index in [0.717, 1.165) is 0 Å². The van der Waals surface area contributed by atoms with Crippen LogP contribution in [0.2, 0.25) is 0 Å². The molecule has 0 bridgehead atoms. The minimum Gasteiger partial charge on any atom is -0.387 e. The first-order valence-electron chi connectivity index (χ1n) is 6.80. The highest BCUT2D eigenvalue weighted by atomic mass is 16.5. The average Bonchev–Trinajstić information content (AvgIpc) is 2.42. The predicted octanol–water partition coefficient (Wildman–Crippen LogP) is 1.33. The maximum absolute atomic E-state index is 12.4. The fourth-order valence-corrected chi connectivity index (χ4v) is 2.72. The molecule has 1 fully saturated rings. The van der Waals surface area contributed by atoms with Crippen molar-refractivity contribution in [3.8, 4) is 0 Å². The highest BCUT2D eigenvalue weighted by molar-refractivity contribution is 5.94. The number of hydrogen-bond acceptors (Lipinski definition) is 4. The lowest BCUT2D eigenvalue weighted by atomic mass is 9.70. The van der Waals surface area contributed by atoms with Gasteiger partial charge in [-0.1, -0.05) is 13.8 Å². The first-order valence-corrected chi connectivity index (χ1v) is 6.80. The molecule has 1 amide bonds. The van der Waals surface area contributed by atoms with E-state index in [1.807, 2.05) is 13.8 Å². The number of pyridine rings is 1. The molecule has 0 aliphatic carbocycles. The van der Waals surface area contributed by atoms with E-state index in [-0.39, 0.29) is 12.5 Å². The van der Waals surface area contributed by atoms with Crippen molar-refractivity contribution in [1.82, 2.24) is 9.88 Å². The quantitative estimate of drug-likeness (QED) is 0.906. The summed E-state index contributed by atoms with van der Waals surface area (Å²) in [5.74, 6) is -0.0139. The SMILES string of the molecule is COC[C@]1(O)CCN(C(=O)c2ccncc2)CC1(C)C. The Morgan fingerprint density at radius 1 is 1.45 bits per heavy atom. The third-order valence-electron chi connectivity index (χ3n) is 4.24. The van der Waals surface area contributed by atoms with Crippen molar-refractivity contribution >= 4 is 5.91 Å². The van der Waals surface area contributed by atoms with Crippen LogP contribution in [0.5, 0.6) is 0 Å². The summed E-state index contributed by atoms with van der Waals surface area (Å²) in [7, 11) is 1.59. The lowest BCUT2D eigenvalue weighted by molar-refractivity contribution is -0.144. The summed E-state index contributed by atoms with van der Waals surface area (Å²) in [6, 6.07) is 3.43. The van der Waals surface area contributed by atoms with Gasteiger partial charge in [0.25, 0.3) is 5.91 Å². The maximum atomic E-state index is 12.4. The molecule has 0 saturated carbocycles. The van der Waals surface area contributed by atoms with E-state index in [0.29, 0.717) is 25.1 Å². The van der Waals surface area contributed by atoms with Crippen LogP contribution in [-0.4, -0.2) is 53.3 Å². The molecule has 0 aromatic carbocycles. The Bertz CT molecular complexity index is 475. The third kappa shape index (κ3) is 2.69. The van der Waals surface area contributed by atoms with Crippen molar-refractivity contribution in [1.29, 1.82) is 0 Å². The van der Waals surface area contributed by atoms with E-state index in [1.54, 1.807) is 36.5 Å². The molecule has 1 N–H and O–H groups in total. The van der Waals surface area contributed by atoms with E-state index >= 15 is 0 Å². The summed E-state index contributed by atoms with van der Waals surface area (Å²) >= 11 is 0. The first-order chi connectivity index (χ1) is 9.39. The number of likely N-dealkylation sites (tertiary alicyclic amines) is 1. The van der Waals surface area contributed by atoms with Crippen LogP contribution in [0.4, 0.5) is 0 Å². The molecule has 5 heteroatoms. The zero-order valence-electron chi connectivity index (χ0n) is 12.3. The zero-order valence-corrected chi connectivity index (χ0v) is 12.3. The number of carbonyl (C=O) groups excluding carboxylic acids is 1. The summed E-state index contributed by atoms with van der Waals surface area (Å²) in [5, 5.41) is 10.7. The molecule has 1 aliphatic heterocycles. The number of amides is 1. The van der Waals surface area contributed by atoms with Crippen molar-refractivity contribution in [3.63, 3.8) is 0 Å². The van der Waals surface area contributed by atoms with Crippen LogP contribution in [-0.2, 0) is 4.74 Å². The second-order valence-corrected chi connectivity index (χ2v) is 6.06. The summed E-state index contributed by atoms with van der Waals surface area (Å²) < 4.78 is 5.14. The molecule has 2 rings (SSSR count). The molecule has 1 aliphatic rings. The highest BCUT2D eigenvalue weighted by Gasteiger charge is 2.48. The molecule has 5 nitrogen and oxygen atoms in total. The predicted molar refractivity (Wildman–Crippen MR) is 75.4 cm³/mol. The number of nitrogens with zero attached hydrogens (tertiary/aromatic N) is 2. The van der Waals surface area contributed by atoms with E-state index < -0.39 is 11.0 Å². The van der Waals surface area contributed by atoms with Crippen molar-refractivity contribution in [2.75, 3.05) is 26.8 Å². The van der Waals surface area contributed by atoms with Crippen molar-refractivity contribution in [3.05, 3.63) is 30.1 Å². The van der Waals surface area contributed by atoms with Gasteiger partial charge in [0.1, 0.15) is 0 Å². The Morgan fingerprint density at radius 3 is 2.65 bits per heavy atom. The Morgan fingerprint density at radius 2 is 2.10 bits per heavy atom. The zero-order chi connectivity index (χ0) is 14.8. The number of piperidine rings is 1. The second-order valence-electron chi connectivity index (χ2n) is 6.06. The van der Waals surface area contributed by atoms with Crippen LogP contribution < -0.4 is 0 Å². The van der Waals surface area contributed by atoms with Crippen LogP contribution in [0.3, 0.4) is 0 Å². The average molecular weight is 278 g/mol. The van der Waals surface area contributed by atoms with Crippen LogP contribution >= 0.6 is 0 Å². The van der Waals surface area contributed by atoms with E-state index in [2.05, 4.69) is 4.98 Å². The number of aromatic nitrogens is 1. The van der Waals surface area contributed by atoms with Crippen LogP contribution in [0, 0.1) is 5.41 Å². The van der Waals surface area contributed by atoms with Crippen LogP contribution in [0.15, 0.2) is 24.5 Å². The molecule has 0 spiro atoms. The van der Waals surface area contributed by atoms with Gasteiger partial charge in [-0.15, -0.1) is 0 Å². The molecule has 2 heterocycles. The minimum absolute atomic E-state index is 0.0139. The number of hydrogen-bond donors (Lipinski definition) is 1. The second kappa shape index (κ2) is 5.50. The van der Waals surface area contributed by atoms with Gasteiger partial charge in [0.15, 0.2) is 0 Å². The Labute approximate surface area is 119 Å². The topological polar surface area (TPSA) is 62.7 Å². The molecular weight excluding hydrogens is 256 g/mol. The summed E-state index contributed by atoms with van der Waals surface area (Å²) in [6.07, 6.45) is 3.75. The molecule has 110 valence electrons. The Kier molecular flexibility index (Phi) is 4.11. The van der Waals surface area contributed by atoms with Gasteiger partial charge in [-0.3, -0.25) is 9.78 Å². The van der Waals surface area contributed by atoms with E-state index in [1.165, 1.54) is 0 Å². The number of rotatable bonds is 3. The van der Waals surface area contributed by atoms with Gasteiger partial charge in [-0.05, 0) is 18.6 Å². The van der Waals surface area contributed by atoms with Gasteiger partial charge < -0.3 is 14.7 Å². The lowest BCUT2D eigenvalue weighted by Crippen LogP contribution is -2.60. The summed E-state index contributed by atoms with van der Waals surface area (Å²) in [4.78, 5) is 18.2. The minimum atomic E-state index is -0.892. The normalized spacial score (nSPS) is 25.5. The smallest absolute Gasteiger partial charge is 0.253 e. The van der Waals surface area contributed by atoms with Crippen molar-refractivity contribution in [2.45, 2.75) is 25.9 Å². The lowest BCUT2D eigenvalue weighted by Gasteiger charge is -2.49. The standard InChI is InChI=1S/C15H22N2O3/c1-14(2)10-17(9-6-15(14,19)11-20-3)13(18)12-4-7-16-8-5-12/h4-5,7-8,19H,6,9-11H2,1-3H3/t15-/m1/s1. The largest absolute Gasteiger partial charge is 0.387 e.